The highest BCUT2D eigenvalue weighted by Gasteiger charge is 2.12. The highest BCUT2D eigenvalue weighted by molar-refractivity contribution is 5.52. The molecule has 0 saturated heterocycles. The Labute approximate surface area is 140 Å². The molecule has 0 unspecified atom stereocenters. The van der Waals surface area contributed by atoms with Crippen LogP contribution in [0.2, 0.25) is 0 Å². The van der Waals surface area contributed by atoms with Gasteiger partial charge in [-0.25, -0.2) is 8.78 Å². The summed E-state index contributed by atoms with van der Waals surface area (Å²) in [6.07, 6.45) is -2.50. The SMILES string of the molecule is Cc1ccc(NCc2c(C)nn(CCO)c2C)cc1OCC(F)F. The molecule has 1 heterocycles. The Morgan fingerprint density at radius 2 is 2.04 bits per heavy atom. The minimum absolute atomic E-state index is 0.0393. The average molecular weight is 339 g/mol. The molecule has 0 spiro atoms. The topological polar surface area (TPSA) is 59.3 Å². The number of aryl methyl sites for hydroxylation is 2. The third kappa shape index (κ3) is 4.44. The van der Waals surface area contributed by atoms with Crippen molar-refractivity contribution in [2.45, 2.75) is 40.3 Å². The van der Waals surface area contributed by atoms with Gasteiger partial charge in [-0.1, -0.05) is 6.07 Å². The van der Waals surface area contributed by atoms with E-state index in [0.29, 0.717) is 18.8 Å². The summed E-state index contributed by atoms with van der Waals surface area (Å²) in [5.74, 6) is 0.449. The lowest BCUT2D eigenvalue weighted by atomic mass is 10.1. The quantitative estimate of drug-likeness (QED) is 0.776. The van der Waals surface area contributed by atoms with Crippen LogP contribution in [0.5, 0.6) is 5.75 Å². The van der Waals surface area contributed by atoms with Gasteiger partial charge in [0, 0.05) is 29.6 Å². The first-order chi connectivity index (χ1) is 11.4. The second kappa shape index (κ2) is 8.10. The fourth-order valence-corrected chi connectivity index (χ4v) is 2.51. The number of nitrogens with one attached hydrogen (secondary N) is 1. The standard InChI is InChI=1S/C17H23F2N3O2/c1-11-4-5-14(8-16(11)24-10-17(18)19)20-9-15-12(2)21-22(6-7-23)13(15)3/h4-5,8,17,20,23H,6-7,9-10H2,1-3H3. The third-order valence-corrected chi connectivity index (χ3v) is 3.87. The van der Waals surface area contributed by atoms with Crippen LogP contribution >= 0.6 is 0 Å². The summed E-state index contributed by atoms with van der Waals surface area (Å²) in [6, 6.07) is 5.44. The maximum Gasteiger partial charge on any atom is 0.272 e. The maximum atomic E-state index is 12.3. The lowest BCUT2D eigenvalue weighted by Gasteiger charge is -2.12. The van der Waals surface area contributed by atoms with Crippen molar-refractivity contribution >= 4 is 5.69 Å². The minimum atomic E-state index is -2.50. The number of benzene rings is 1. The first-order valence-electron chi connectivity index (χ1n) is 7.81. The predicted molar refractivity (Wildman–Crippen MR) is 88.8 cm³/mol. The molecule has 0 atom stereocenters. The van der Waals surface area contributed by atoms with Crippen LogP contribution in [0.4, 0.5) is 14.5 Å². The Hall–Kier alpha value is -2.15. The molecule has 132 valence electrons. The van der Waals surface area contributed by atoms with Gasteiger partial charge in [0.15, 0.2) is 0 Å². The molecular weight excluding hydrogens is 316 g/mol. The zero-order valence-electron chi connectivity index (χ0n) is 14.1. The molecule has 0 aliphatic rings. The smallest absolute Gasteiger partial charge is 0.272 e. The van der Waals surface area contributed by atoms with E-state index in [9.17, 15) is 8.78 Å². The lowest BCUT2D eigenvalue weighted by molar-refractivity contribution is 0.0816. The highest BCUT2D eigenvalue weighted by atomic mass is 19.3. The number of halogens is 2. The predicted octanol–water partition coefficient (Wildman–Crippen LogP) is 3.06. The minimum Gasteiger partial charge on any atom is -0.487 e. The Balaban J connectivity index is 2.08. The number of rotatable bonds is 8. The van der Waals surface area contributed by atoms with Gasteiger partial charge in [0.25, 0.3) is 6.43 Å². The lowest BCUT2D eigenvalue weighted by Crippen LogP contribution is -2.09. The molecule has 2 N–H and O–H groups in total. The molecule has 24 heavy (non-hydrogen) atoms. The number of alkyl halides is 2. The summed E-state index contributed by atoms with van der Waals surface area (Å²) >= 11 is 0. The van der Waals surface area contributed by atoms with Gasteiger partial charge in [0.2, 0.25) is 0 Å². The Kier molecular flexibility index (Phi) is 6.14. The van der Waals surface area contributed by atoms with E-state index in [1.54, 1.807) is 10.7 Å². The van der Waals surface area contributed by atoms with Crippen molar-refractivity contribution in [3.63, 3.8) is 0 Å². The molecule has 2 rings (SSSR count). The molecular formula is C17H23F2N3O2. The van der Waals surface area contributed by atoms with Crippen LogP contribution in [0.15, 0.2) is 18.2 Å². The normalized spacial score (nSPS) is 11.1. The molecule has 5 nitrogen and oxygen atoms in total. The fourth-order valence-electron chi connectivity index (χ4n) is 2.51. The summed E-state index contributed by atoms with van der Waals surface area (Å²) in [5, 5.41) is 16.7. The van der Waals surface area contributed by atoms with Crippen LogP contribution in [0.1, 0.15) is 22.5 Å². The van der Waals surface area contributed by atoms with Gasteiger partial charge in [-0.3, -0.25) is 4.68 Å². The van der Waals surface area contributed by atoms with Crippen molar-refractivity contribution in [1.29, 1.82) is 0 Å². The number of aromatic nitrogens is 2. The van der Waals surface area contributed by atoms with Crippen LogP contribution in [-0.2, 0) is 13.1 Å². The molecule has 0 aliphatic carbocycles. The number of hydrogen-bond donors (Lipinski definition) is 2. The summed E-state index contributed by atoms with van der Waals surface area (Å²) in [5.41, 5.74) is 4.55. The molecule has 0 radical (unpaired) electrons. The van der Waals surface area contributed by atoms with Crippen molar-refractivity contribution < 1.29 is 18.6 Å². The van der Waals surface area contributed by atoms with E-state index in [1.807, 2.05) is 32.9 Å². The maximum absolute atomic E-state index is 12.3. The Morgan fingerprint density at radius 3 is 2.71 bits per heavy atom. The summed E-state index contributed by atoms with van der Waals surface area (Å²) in [7, 11) is 0. The second-order valence-electron chi connectivity index (χ2n) is 5.63. The molecule has 0 bridgehead atoms. The largest absolute Gasteiger partial charge is 0.487 e. The van der Waals surface area contributed by atoms with Crippen molar-refractivity contribution in [1.82, 2.24) is 9.78 Å². The monoisotopic (exact) mass is 339 g/mol. The van der Waals surface area contributed by atoms with Gasteiger partial charge in [-0.2, -0.15) is 5.10 Å². The molecule has 0 saturated carbocycles. The van der Waals surface area contributed by atoms with Crippen LogP contribution in [0.25, 0.3) is 0 Å². The first kappa shape index (κ1) is 18.2. The van der Waals surface area contributed by atoms with Crippen molar-refractivity contribution in [2.75, 3.05) is 18.5 Å². The number of ether oxygens (including phenoxy) is 1. The Morgan fingerprint density at radius 1 is 1.29 bits per heavy atom. The number of nitrogens with zero attached hydrogens (tertiary/aromatic N) is 2. The molecule has 2 aromatic rings. The molecule has 1 aromatic heterocycles. The Bertz CT molecular complexity index is 687. The van der Waals surface area contributed by atoms with E-state index >= 15 is 0 Å². The van der Waals surface area contributed by atoms with Gasteiger partial charge >= 0.3 is 0 Å². The molecule has 0 fully saturated rings. The van der Waals surface area contributed by atoms with Crippen molar-refractivity contribution in [3.05, 3.63) is 40.7 Å². The van der Waals surface area contributed by atoms with Crippen LogP contribution in [0, 0.1) is 20.8 Å². The summed E-state index contributed by atoms with van der Waals surface area (Å²) in [6.45, 7) is 6.14. The van der Waals surface area contributed by atoms with E-state index in [-0.39, 0.29) is 6.61 Å². The summed E-state index contributed by atoms with van der Waals surface area (Å²) < 4.78 is 31.5. The number of hydrogen-bond acceptors (Lipinski definition) is 4. The molecule has 1 aromatic carbocycles. The van der Waals surface area contributed by atoms with Crippen LogP contribution in [0.3, 0.4) is 0 Å². The average Bonchev–Trinajstić information content (AvgIpc) is 2.80. The van der Waals surface area contributed by atoms with Crippen LogP contribution in [-0.4, -0.2) is 34.5 Å². The molecule has 0 aliphatic heterocycles. The number of aliphatic hydroxyl groups is 1. The van der Waals surface area contributed by atoms with Crippen molar-refractivity contribution in [3.8, 4) is 5.75 Å². The zero-order valence-corrected chi connectivity index (χ0v) is 14.1. The second-order valence-corrected chi connectivity index (χ2v) is 5.63. The highest BCUT2D eigenvalue weighted by Crippen LogP contribution is 2.24. The van der Waals surface area contributed by atoms with E-state index < -0.39 is 13.0 Å². The van der Waals surface area contributed by atoms with Gasteiger partial charge in [0.1, 0.15) is 12.4 Å². The van der Waals surface area contributed by atoms with Gasteiger partial charge in [-0.05, 0) is 32.4 Å². The van der Waals surface area contributed by atoms with Gasteiger partial charge in [0.05, 0.1) is 18.8 Å². The number of anilines is 1. The van der Waals surface area contributed by atoms with Gasteiger partial charge < -0.3 is 15.2 Å². The number of aliphatic hydroxyl groups excluding tert-OH is 1. The summed E-state index contributed by atoms with van der Waals surface area (Å²) in [4.78, 5) is 0. The zero-order chi connectivity index (χ0) is 17.7. The molecule has 0 amide bonds. The van der Waals surface area contributed by atoms with E-state index in [1.165, 1.54) is 0 Å². The van der Waals surface area contributed by atoms with E-state index in [2.05, 4.69) is 10.4 Å². The first-order valence-corrected chi connectivity index (χ1v) is 7.81. The van der Waals surface area contributed by atoms with E-state index in [0.717, 1.165) is 28.2 Å². The molecule has 7 heteroatoms. The third-order valence-electron chi connectivity index (χ3n) is 3.87. The van der Waals surface area contributed by atoms with Crippen LogP contribution < -0.4 is 10.1 Å². The van der Waals surface area contributed by atoms with E-state index in [4.69, 9.17) is 9.84 Å². The fraction of sp³-hybridized carbons (Fsp3) is 0.471. The van der Waals surface area contributed by atoms with Gasteiger partial charge in [-0.15, -0.1) is 0 Å². The van der Waals surface area contributed by atoms with Crippen molar-refractivity contribution in [2.24, 2.45) is 0 Å².